The number of rotatable bonds is 6. The molecule has 1 fully saturated rings. The van der Waals surface area contributed by atoms with Crippen molar-refractivity contribution in [2.45, 2.75) is 51.9 Å². The van der Waals surface area contributed by atoms with E-state index in [1.807, 2.05) is 7.05 Å². The molecule has 0 saturated carbocycles. The topological polar surface area (TPSA) is 52.6 Å². The minimum absolute atomic E-state index is 0. The van der Waals surface area contributed by atoms with Crippen molar-refractivity contribution in [3.63, 3.8) is 0 Å². The molecular formula is C20H30IN5S. The predicted molar refractivity (Wildman–Crippen MR) is 125 cm³/mol. The number of aliphatic imine (C=N–C) groups is 1. The molecule has 1 aromatic heterocycles. The van der Waals surface area contributed by atoms with Crippen LogP contribution in [0.5, 0.6) is 0 Å². The molecule has 1 aliphatic rings. The second kappa shape index (κ2) is 11.0. The van der Waals surface area contributed by atoms with E-state index in [9.17, 15) is 0 Å². The van der Waals surface area contributed by atoms with E-state index in [1.165, 1.54) is 10.6 Å². The van der Waals surface area contributed by atoms with Crippen LogP contribution < -0.4 is 10.6 Å². The highest BCUT2D eigenvalue weighted by molar-refractivity contribution is 14.0. The van der Waals surface area contributed by atoms with Gasteiger partial charge in [-0.2, -0.15) is 0 Å². The number of guanidine groups is 1. The van der Waals surface area contributed by atoms with E-state index < -0.39 is 0 Å². The summed E-state index contributed by atoms with van der Waals surface area (Å²) in [5.74, 6) is 0.856. The van der Waals surface area contributed by atoms with E-state index in [4.69, 9.17) is 0 Å². The first kappa shape index (κ1) is 22.1. The standard InChI is InChI=1S/C20H29N5S.HI/c1-4-19-23-18(14-26-19)11-22-20(21-3)24-17-10-15(2)25(13-17)12-16-8-6-5-7-9-16;/h5-9,14-15,17H,4,10-13H2,1-3H3,(H2,21,22,24);1H. The van der Waals surface area contributed by atoms with Gasteiger partial charge in [0.2, 0.25) is 0 Å². The molecular weight excluding hydrogens is 469 g/mol. The number of hydrogen-bond acceptors (Lipinski definition) is 4. The fourth-order valence-electron chi connectivity index (χ4n) is 3.40. The van der Waals surface area contributed by atoms with Gasteiger partial charge in [-0.15, -0.1) is 35.3 Å². The molecule has 1 aliphatic heterocycles. The van der Waals surface area contributed by atoms with Gasteiger partial charge in [-0.25, -0.2) is 4.98 Å². The minimum Gasteiger partial charge on any atom is -0.352 e. The predicted octanol–water partition coefficient (Wildman–Crippen LogP) is 3.65. The molecule has 2 unspecified atom stereocenters. The van der Waals surface area contributed by atoms with Crippen LogP contribution in [0.2, 0.25) is 0 Å². The van der Waals surface area contributed by atoms with Gasteiger partial charge in [0.25, 0.3) is 0 Å². The summed E-state index contributed by atoms with van der Waals surface area (Å²) >= 11 is 1.73. The Morgan fingerprint density at radius 2 is 2.11 bits per heavy atom. The third-order valence-corrected chi connectivity index (χ3v) is 5.88. The lowest BCUT2D eigenvalue weighted by molar-refractivity contribution is 0.258. The molecule has 2 N–H and O–H groups in total. The van der Waals surface area contributed by atoms with Crippen molar-refractivity contribution in [1.29, 1.82) is 0 Å². The SMILES string of the molecule is CCc1nc(CNC(=NC)NC2CC(C)N(Cc3ccccc3)C2)cs1.I. The van der Waals surface area contributed by atoms with Crippen LogP contribution in [0.25, 0.3) is 0 Å². The third kappa shape index (κ3) is 6.43. The van der Waals surface area contributed by atoms with E-state index in [-0.39, 0.29) is 24.0 Å². The molecule has 5 nitrogen and oxygen atoms in total. The number of thiazole rings is 1. The maximum Gasteiger partial charge on any atom is 0.191 e. The van der Waals surface area contributed by atoms with E-state index in [0.29, 0.717) is 18.6 Å². The summed E-state index contributed by atoms with van der Waals surface area (Å²) in [5.41, 5.74) is 2.46. The molecule has 3 rings (SSSR count). The van der Waals surface area contributed by atoms with Crippen molar-refractivity contribution in [2.24, 2.45) is 4.99 Å². The summed E-state index contributed by atoms with van der Waals surface area (Å²) in [6, 6.07) is 11.7. The van der Waals surface area contributed by atoms with Crippen LogP contribution >= 0.6 is 35.3 Å². The van der Waals surface area contributed by atoms with Crippen LogP contribution in [-0.4, -0.2) is 41.5 Å². The van der Waals surface area contributed by atoms with Crippen molar-refractivity contribution in [3.05, 3.63) is 52.0 Å². The minimum atomic E-state index is 0. The first-order valence-corrected chi connectivity index (χ1v) is 10.2. The summed E-state index contributed by atoms with van der Waals surface area (Å²) < 4.78 is 0. The van der Waals surface area contributed by atoms with Crippen LogP contribution in [0.15, 0.2) is 40.7 Å². The number of nitrogens with one attached hydrogen (secondary N) is 2. The van der Waals surface area contributed by atoms with Crippen LogP contribution in [0.1, 0.15) is 36.5 Å². The first-order valence-electron chi connectivity index (χ1n) is 9.36. The average Bonchev–Trinajstić information content (AvgIpc) is 3.26. The highest BCUT2D eigenvalue weighted by Crippen LogP contribution is 2.20. The lowest BCUT2D eigenvalue weighted by Gasteiger charge is -2.21. The summed E-state index contributed by atoms with van der Waals surface area (Å²) in [4.78, 5) is 11.5. The zero-order chi connectivity index (χ0) is 18.4. The Bertz CT molecular complexity index is 718. The average molecular weight is 499 g/mol. The highest BCUT2D eigenvalue weighted by Gasteiger charge is 2.29. The van der Waals surface area contributed by atoms with Gasteiger partial charge < -0.3 is 10.6 Å². The Morgan fingerprint density at radius 3 is 2.78 bits per heavy atom. The highest BCUT2D eigenvalue weighted by atomic mass is 127. The van der Waals surface area contributed by atoms with Crippen molar-refractivity contribution in [2.75, 3.05) is 13.6 Å². The molecule has 27 heavy (non-hydrogen) atoms. The fourth-order valence-corrected chi connectivity index (χ4v) is 4.14. The van der Waals surface area contributed by atoms with Crippen LogP contribution in [0.3, 0.4) is 0 Å². The number of hydrogen-bond donors (Lipinski definition) is 2. The van der Waals surface area contributed by atoms with Gasteiger partial charge >= 0.3 is 0 Å². The van der Waals surface area contributed by atoms with Crippen molar-refractivity contribution >= 4 is 41.3 Å². The van der Waals surface area contributed by atoms with Crippen molar-refractivity contribution in [3.8, 4) is 0 Å². The molecule has 1 aromatic carbocycles. The smallest absolute Gasteiger partial charge is 0.191 e. The molecule has 2 aromatic rings. The third-order valence-electron chi connectivity index (χ3n) is 4.84. The Kier molecular flexibility index (Phi) is 8.98. The largest absolute Gasteiger partial charge is 0.352 e. The van der Waals surface area contributed by atoms with Gasteiger partial charge in [0, 0.05) is 37.6 Å². The van der Waals surface area contributed by atoms with Gasteiger partial charge in [0.05, 0.1) is 17.2 Å². The number of aryl methyl sites for hydroxylation is 1. The second-order valence-corrected chi connectivity index (χ2v) is 7.80. The Morgan fingerprint density at radius 1 is 1.33 bits per heavy atom. The molecule has 2 heterocycles. The molecule has 0 amide bonds. The fraction of sp³-hybridized carbons (Fsp3) is 0.500. The molecule has 0 radical (unpaired) electrons. The zero-order valence-electron chi connectivity index (χ0n) is 16.3. The number of nitrogens with zero attached hydrogens (tertiary/aromatic N) is 3. The lowest BCUT2D eigenvalue weighted by atomic mass is 10.2. The van der Waals surface area contributed by atoms with Gasteiger partial charge in [-0.1, -0.05) is 37.3 Å². The Labute approximate surface area is 183 Å². The monoisotopic (exact) mass is 499 g/mol. The van der Waals surface area contributed by atoms with Gasteiger partial charge in [0.15, 0.2) is 5.96 Å². The molecule has 7 heteroatoms. The van der Waals surface area contributed by atoms with E-state index in [0.717, 1.165) is 37.6 Å². The molecule has 148 valence electrons. The van der Waals surface area contributed by atoms with E-state index in [2.05, 4.69) is 75.1 Å². The molecule has 2 atom stereocenters. The Hall–Kier alpha value is -1.19. The van der Waals surface area contributed by atoms with Gasteiger partial charge in [-0.3, -0.25) is 9.89 Å². The molecule has 0 aliphatic carbocycles. The number of aromatic nitrogens is 1. The summed E-state index contributed by atoms with van der Waals surface area (Å²) in [7, 11) is 1.83. The zero-order valence-corrected chi connectivity index (χ0v) is 19.5. The molecule has 0 bridgehead atoms. The second-order valence-electron chi connectivity index (χ2n) is 6.85. The normalized spacial score (nSPS) is 20.3. The first-order chi connectivity index (χ1) is 12.7. The van der Waals surface area contributed by atoms with Crippen LogP contribution in [-0.2, 0) is 19.5 Å². The number of halogens is 1. The van der Waals surface area contributed by atoms with Crippen LogP contribution in [0, 0.1) is 0 Å². The van der Waals surface area contributed by atoms with Crippen molar-refractivity contribution < 1.29 is 0 Å². The van der Waals surface area contributed by atoms with E-state index in [1.54, 1.807) is 11.3 Å². The summed E-state index contributed by atoms with van der Waals surface area (Å²) in [6.07, 6.45) is 2.12. The maximum absolute atomic E-state index is 4.60. The van der Waals surface area contributed by atoms with E-state index >= 15 is 0 Å². The van der Waals surface area contributed by atoms with Crippen LogP contribution in [0.4, 0.5) is 0 Å². The number of likely N-dealkylation sites (tertiary alicyclic amines) is 1. The van der Waals surface area contributed by atoms with Gasteiger partial charge in [0.1, 0.15) is 0 Å². The molecule has 0 spiro atoms. The quantitative estimate of drug-likeness (QED) is 0.362. The van der Waals surface area contributed by atoms with Crippen molar-refractivity contribution in [1.82, 2.24) is 20.5 Å². The lowest BCUT2D eigenvalue weighted by Crippen LogP contribution is -2.44. The number of benzene rings is 1. The summed E-state index contributed by atoms with van der Waals surface area (Å²) in [5, 5.41) is 10.3. The maximum atomic E-state index is 4.60. The summed E-state index contributed by atoms with van der Waals surface area (Å²) in [6.45, 7) is 7.20. The molecule has 1 saturated heterocycles. The van der Waals surface area contributed by atoms with Gasteiger partial charge in [-0.05, 0) is 25.3 Å². The Balaban J connectivity index is 0.00000261.